The number of nitrogens with zero attached hydrogens (tertiary/aromatic N) is 2. The van der Waals surface area contributed by atoms with Crippen molar-refractivity contribution in [3.05, 3.63) is 41.2 Å². The SMILES string of the molecule is CCCOc1ccc(-c2nc(Cl)cc(CC)n2)cc1. The van der Waals surface area contributed by atoms with Crippen LogP contribution in [0.4, 0.5) is 0 Å². The van der Waals surface area contributed by atoms with E-state index in [0.717, 1.165) is 36.5 Å². The monoisotopic (exact) mass is 276 g/mol. The van der Waals surface area contributed by atoms with E-state index >= 15 is 0 Å². The van der Waals surface area contributed by atoms with Crippen LogP contribution in [0.25, 0.3) is 11.4 Å². The van der Waals surface area contributed by atoms with Crippen LogP contribution in [-0.4, -0.2) is 16.6 Å². The number of halogens is 1. The first-order valence-electron chi connectivity index (χ1n) is 6.49. The van der Waals surface area contributed by atoms with Gasteiger partial charge in [-0.15, -0.1) is 0 Å². The summed E-state index contributed by atoms with van der Waals surface area (Å²) in [7, 11) is 0. The van der Waals surface area contributed by atoms with Gasteiger partial charge in [0.05, 0.1) is 6.61 Å². The molecule has 0 N–H and O–H groups in total. The van der Waals surface area contributed by atoms with Crippen LogP contribution in [0.2, 0.25) is 5.15 Å². The molecule has 0 spiro atoms. The Bertz CT molecular complexity index is 540. The first-order valence-corrected chi connectivity index (χ1v) is 6.87. The summed E-state index contributed by atoms with van der Waals surface area (Å²) in [5.41, 5.74) is 1.89. The zero-order valence-electron chi connectivity index (χ0n) is 11.2. The predicted molar refractivity (Wildman–Crippen MR) is 77.6 cm³/mol. The van der Waals surface area contributed by atoms with Gasteiger partial charge in [0.1, 0.15) is 10.9 Å². The second-order valence-corrected chi connectivity index (χ2v) is 4.62. The lowest BCUT2D eigenvalue weighted by Gasteiger charge is -2.06. The van der Waals surface area contributed by atoms with E-state index in [1.807, 2.05) is 31.2 Å². The zero-order chi connectivity index (χ0) is 13.7. The molecule has 0 aliphatic heterocycles. The summed E-state index contributed by atoms with van der Waals surface area (Å²) < 4.78 is 5.55. The summed E-state index contributed by atoms with van der Waals surface area (Å²) >= 11 is 6.00. The van der Waals surface area contributed by atoms with E-state index in [1.54, 1.807) is 6.07 Å². The standard InChI is InChI=1S/C15H17ClN2O/c1-3-9-19-13-7-5-11(6-8-13)15-17-12(4-2)10-14(16)18-15/h5-8,10H,3-4,9H2,1-2H3. The Morgan fingerprint density at radius 3 is 2.47 bits per heavy atom. The number of hydrogen-bond acceptors (Lipinski definition) is 3. The Balaban J connectivity index is 2.24. The van der Waals surface area contributed by atoms with Gasteiger partial charge in [-0.1, -0.05) is 25.4 Å². The molecule has 1 aromatic heterocycles. The van der Waals surface area contributed by atoms with E-state index in [-0.39, 0.29) is 0 Å². The fraction of sp³-hybridized carbons (Fsp3) is 0.333. The van der Waals surface area contributed by atoms with E-state index in [2.05, 4.69) is 16.9 Å². The summed E-state index contributed by atoms with van der Waals surface area (Å²) in [5.74, 6) is 1.52. The fourth-order valence-electron chi connectivity index (χ4n) is 1.69. The minimum Gasteiger partial charge on any atom is -0.494 e. The van der Waals surface area contributed by atoms with Crippen LogP contribution in [0.15, 0.2) is 30.3 Å². The largest absolute Gasteiger partial charge is 0.494 e. The van der Waals surface area contributed by atoms with E-state index in [0.29, 0.717) is 11.0 Å². The first-order chi connectivity index (χ1) is 9.22. The quantitative estimate of drug-likeness (QED) is 0.770. The van der Waals surface area contributed by atoms with E-state index in [4.69, 9.17) is 16.3 Å². The number of hydrogen-bond donors (Lipinski definition) is 0. The molecule has 2 aromatic rings. The van der Waals surface area contributed by atoms with E-state index in [9.17, 15) is 0 Å². The minimum absolute atomic E-state index is 0.480. The number of aryl methyl sites for hydroxylation is 1. The lowest BCUT2D eigenvalue weighted by atomic mass is 10.2. The third-order valence-corrected chi connectivity index (χ3v) is 2.89. The summed E-state index contributed by atoms with van der Waals surface area (Å²) in [5, 5.41) is 0.480. The van der Waals surface area contributed by atoms with Gasteiger partial charge in [-0.2, -0.15) is 0 Å². The maximum Gasteiger partial charge on any atom is 0.161 e. The summed E-state index contributed by atoms with van der Waals surface area (Å²) in [6.07, 6.45) is 1.84. The molecule has 0 aliphatic carbocycles. The number of benzene rings is 1. The second kappa shape index (κ2) is 6.53. The Kier molecular flexibility index (Phi) is 4.74. The van der Waals surface area contributed by atoms with Crippen LogP contribution in [-0.2, 0) is 6.42 Å². The van der Waals surface area contributed by atoms with Crippen molar-refractivity contribution < 1.29 is 4.74 Å². The van der Waals surface area contributed by atoms with Gasteiger partial charge in [-0.05, 0) is 43.2 Å². The molecule has 1 heterocycles. The van der Waals surface area contributed by atoms with Crippen molar-refractivity contribution in [3.63, 3.8) is 0 Å². The van der Waals surface area contributed by atoms with Gasteiger partial charge in [0.2, 0.25) is 0 Å². The van der Waals surface area contributed by atoms with Gasteiger partial charge >= 0.3 is 0 Å². The van der Waals surface area contributed by atoms with Gasteiger partial charge in [0.25, 0.3) is 0 Å². The molecule has 0 saturated carbocycles. The molecule has 100 valence electrons. The summed E-state index contributed by atoms with van der Waals surface area (Å²) in [6, 6.07) is 9.57. The molecule has 0 radical (unpaired) electrons. The molecular weight excluding hydrogens is 260 g/mol. The van der Waals surface area contributed by atoms with E-state index < -0.39 is 0 Å². The van der Waals surface area contributed by atoms with Crippen LogP contribution < -0.4 is 4.74 Å². The van der Waals surface area contributed by atoms with Gasteiger partial charge < -0.3 is 4.74 Å². The lowest BCUT2D eigenvalue weighted by Crippen LogP contribution is -1.96. The highest BCUT2D eigenvalue weighted by atomic mass is 35.5. The van der Waals surface area contributed by atoms with Crippen LogP contribution in [0.3, 0.4) is 0 Å². The van der Waals surface area contributed by atoms with Crippen molar-refractivity contribution in [3.8, 4) is 17.1 Å². The van der Waals surface area contributed by atoms with E-state index in [1.165, 1.54) is 0 Å². The second-order valence-electron chi connectivity index (χ2n) is 4.23. The molecule has 4 heteroatoms. The van der Waals surface area contributed by atoms with Crippen LogP contribution in [0, 0.1) is 0 Å². The summed E-state index contributed by atoms with van der Waals surface area (Å²) in [4.78, 5) is 8.74. The summed E-state index contributed by atoms with van der Waals surface area (Å²) in [6.45, 7) is 4.86. The van der Waals surface area contributed by atoms with Crippen molar-refractivity contribution in [1.82, 2.24) is 9.97 Å². The highest BCUT2D eigenvalue weighted by molar-refractivity contribution is 6.29. The van der Waals surface area contributed by atoms with Crippen molar-refractivity contribution in [2.45, 2.75) is 26.7 Å². The van der Waals surface area contributed by atoms with Gasteiger partial charge in [0, 0.05) is 11.3 Å². The van der Waals surface area contributed by atoms with Gasteiger partial charge in [0.15, 0.2) is 5.82 Å². The molecule has 0 saturated heterocycles. The van der Waals surface area contributed by atoms with Crippen molar-refractivity contribution in [1.29, 1.82) is 0 Å². The lowest BCUT2D eigenvalue weighted by molar-refractivity contribution is 0.317. The third kappa shape index (κ3) is 3.67. The molecule has 3 nitrogen and oxygen atoms in total. The fourth-order valence-corrected chi connectivity index (χ4v) is 1.90. The molecule has 0 unspecified atom stereocenters. The average Bonchev–Trinajstić information content (AvgIpc) is 2.45. The molecule has 0 amide bonds. The number of aromatic nitrogens is 2. The predicted octanol–water partition coefficient (Wildman–Crippen LogP) is 4.15. The number of rotatable bonds is 5. The highest BCUT2D eigenvalue weighted by Gasteiger charge is 2.05. The molecule has 0 aliphatic rings. The maximum absolute atomic E-state index is 6.00. The molecule has 2 rings (SSSR count). The molecule has 0 fully saturated rings. The Morgan fingerprint density at radius 1 is 1.11 bits per heavy atom. The van der Waals surface area contributed by atoms with Crippen LogP contribution >= 0.6 is 11.6 Å². The average molecular weight is 277 g/mol. The Morgan fingerprint density at radius 2 is 1.84 bits per heavy atom. The van der Waals surface area contributed by atoms with Crippen LogP contribution in [0.1, 0.15) is 26.0 Å². The van der Waals surface area contributed by atoms with Crippen molar-refractivity contribution in [2.75, 3.05) is 6.61 Å². The number of ether oxygens (including phenoxy) is 1. The molecular formula is C15H17ClN2O. The minimum atomic E-state index is 0.480. The maximum atomic E-state index is 6.00. The smallest absolute Gasteiger partial charge is 0.161 e. The zero-order valence-corrected chi connectivity index (χ0v) is 11.9. The Labute approximate surface area is 118 Å². The van der Waals surface area contributed by atoms with Crippen LogP contribution in [0.5, 0.6) is 5.75 Å². The third-order valence-electron chi connectivity index (χ3n) is 2.70. The van der Waals surface area contributed by atoms with Gasteiger partial charge in [-0.25, -0.2) is 9.97 Å². The Hall–Kier alpha value is -1.61. The molecule has 1 aromatic carbocycles. The highest BCUT2D eigenvalue weighted by Crippen LogP contribution is 2.21. The van der Waals surface area contributed by atoms with Crippen molar-refractivity contribution >= 4 is 11.6 Å². The normalized spacial score (nSPS) is 10.5. The molecule has 0 bridgehead atoms. The topological polar surface area (TPSA) is 35.0 Å². The first kappa shape index (κ1) is 13.8. The van der Waals surface area contributed by atoms with Crippen molar-refractivity contribution in [2.24, 2.45) is 0 Å². The molecule has 19 heavy (non-hydrogen) atoms. The van der Waals surface area contributed by atoms with Gasteiger partial charge in [-0.3, -0.25) is 0 Å². The molecule has 0 atom stereocenters.